The van der Waals surface area contributed by atoms with E-state index in [1.54, 1.807) is 0 Å². The molecular formula is C18H22ClNO. The van der Waals surface area contributed by atoms with Crippen molar-refractivity contribution < 1.29 is 5.11 Å². The molecule has 0 heterocycles. The molecule has 21 heavy (non-hydrogen) atoms. The van der Waals surface area contributed by atoms with Gasteiger partial charge in [0.15, 0.2) is 5.88 Å². The highest BCUT2D eigenvalue weighted by atomic mass is 35.5. The smallest absolute Gasteiger partial charge is 0.195 e. The SMILES string of the molecule is CC(C)N(/C(O)=C1\C=CC=C1c1ccccc1Cl)C(C)C. The Bertz CT molecular complexity index is 603. The van der Waals surface area contributed by atoms with Gasteiger partial charge in [0.2, 0.25) is 0 Å². The Hall–Kier alpha value is -1.67. The van der Waals surface area contributed by atoms with Crippen molar-refractivity contribution in [2.24, 2.45) is 0 Å². The molecule has 1 aliphatic carbocycles. The number of hydrogen-bond acceptors (Lipinski definition) is 2. The minimum Gasteiger partial charge on any atom is -0.494 e. The summed E-state index contributed by atoms with van der Waals surface area (Å²) in [6, 6.07) is 8.15. The van der Waals surface area contributed by atoms with Crippen molar-refractivity contribution in [1.29, 1.82) is 0 Å². The number of halogens is 1. The van der Waals surface area contributed by atoms with Crippen LogP contribution in [0.3, 0.4) is 0 Å². The number of nitrogens with zero attached hydrogens (tertiary/aromatic N) is 1. The van der Waals surface area contributed by atoms with Gasteiger partial charge in [-0.1, -0.05) is 42.0 Å². The number of hydrogen-bond donors (Lipinski definition) is 1. The lowest BCUT2D eigenvalue weighted by atomic mass is 10.00. The Labute approximate surface area is 132 Å². The molecule has 0 aromatic heterocycles. The van der Waals surface area contributed by atoms with Crippen LogP contribution in [-0.4, -0.2) is 22.1 Å². The first-order valence-corrected chi connectivity index (χ1v) is 7.66. The van der Waals surface area contributed by atoms with Crippen molar-refractivity contribution in [3.63, 3.8) is 0 Å². The summed E-state index contributed by atoms with van der Waals surface area (Å²) in [7, 11) is 0. The molecule has 0 atom stereocenters. The van der Waals surface area contributed by atoms with Crippen molar-refractivity contribution in [2.75, 3.05) is 0 Å². The number of aliphatic hydroxyl groups excluding tert-OH is 1. The summed E-state index contributed by atoms with van der Waals surface area (Å²) in [5.74, 6) is 0.305. The summed E-state index contributed by atoms with van der Waals surface area (Å²) < 4.78 is 0. The lowest BCUT2D eigenvalue weighted by Gasteiger charge is -2.33. The van der Waals surface area contributed by atoms with Crippen molar-refractivity contribution in [3.8, 4) is 0 Å². The molecule has 0 spiro atoms. The van der Waals surface area contributed by atoms with E-state index in [-0.39, 0.29) is 12.1 Å². The van der Waals surface area contributed by atoms with Gasteiger partial charge in [-0.3, -0.25) is 0 Å². The highest BCUT2D eigenvalue weighted by molar-refractivity contribution is 6.32. The molecule has 0 aliphatic heterocycles. The van der Waals surface area contributed by atoms with Crippen LogP contribution in [0.1, 0.15) is 33.3 Å². The topological polar surface area (TPSA) is 23.5 Å². The molecule has 0 fully saturated rings. The Balaban J connectivity index is 2.48. The van der Waals surface area contributed by atoms with Gasteiger partial charge in [-0.25, -0.2) is 0 Å². The second-order valence-electron chi connectivity index (χ2n) is 5.75. The number of aliphatic hydroxyl groups is 1. The Morgan fingerprint density at radius 1 is 1.10 bits per heavy atom. The van der Waals surface area contributed by atoms with E-state index < -0.39 is 0 Å². The normalized spacial score (nSPS) is 16.6. The van der Waals surface area contributed by atoms with E-state index in [2.05, 4.69) is 27.7 Å². The van der Waals surface area contributed by atoms with Crippen LogP contribution in [0, 0.1) is 0 Å². The second kappa shape index (κ2) is 6.40. The summed E-state index contributed by atoms with van der Waals surface area (Å²) >= 11 is 6.29. The molecule has 0 unspecified atom stereocenters. The van der Waals surface area contributed by atoms with Gasteiger partial charge in [-0.05, 0) is 45.4 Å². The first-order chi connectivity index (χ1) is 9.93. The van der Waals surface area contributed by atoms with E-state index in [4.69, 9.17) is 11.6 Å². The van der Waals surface area contributed by atoms with E-state index in [1.165, 1.54) is 0 Å². The molecule has 0 amide bonds. The molecule has 2 rings (SSSR count). The quantitative estimate of drug-likeness (QED) is 0.775. The Morgan fingerprint density at radius 2 is 1.71 bits per heavy atom. The summed E-state index contributed by atoms with van der Waals surface area (Å²) in [5, 5.41) is 11.4. The van der Waals surface area contributed by atoms with E-state index >= 15 is 0 Å². The Kier molecular flexibility index (Phi) is 4.79. The van der Waals surface area contributed by atoms with Crippen molar-refractivity contribution in [3.05, 3.63) is 64.5 Å². The van der Waals surface area contributed by atoms with Crippen LogP contribution < -0.4 is 0 Å². The maximum absolute atomic E-state index is 10.7. The fraction of sp³-hybridized carbons (Fsp3) is 0.333. The van der Waals surface area contributed by atoms with Crippen molar-refractivity contribution >= 4 is 17.2 Å². The molecule has 1 aromatic carbocycles. The highest BCUT2D eigenvalue weighted by Crippen LogP contribution is 2.35. The second-order valence-corrected chi connectivity index (χ2v) is 6.16. The van der Waals surface area contributed by atoms with E-state index in [1.807, 2.05) is 47.4 Å². The van der Waals surface area contributed by atoms with E-state index in [9.17, 15) is 5.11 Å². The standard InChI is InChI=1S/C18H22ClNO/c1-12(2)20(13(3)4)18(21)16-10-7-9-14(16)15-8-5-6-11-17(15)19/h5-13,21H,1-4H3/b18-16-. The minimum absolute atomic E-state index is 0.221. The maximum Gasteiger partial charge on any atom is 0.195 e. The first kappa shape index (κ1) is 15.7. The van der Waals surface area contributed by atoms with E-state index in [0.29, 0.717) is 10.9 Å². The van der Waals surface area contributed by atoms with E-state index in [0.717, 1.165) is 16.7 Å². The highest BCUT2D eigenvalue weighted by Gasteiger charge is 2.23. The maximum atomic E-state index is 10.7. The summed E-state index contributed by atoms with van der Waals surface area (Å²) in [5.41, 5.74) is 2.73. The number of rotatable bonds is 4. The van der Waals surface area contributed by atoms with Gasteiger partial charge in [0.05, 0.1) is 0 Å². The van der Waals surface area contributed by atoms with Gasteiger partial charge in [-0.15, -0.1) is 0 Å². The molecule has 0 bridgehead atoms. The first-order valence-electron chi connectivity index (χ1n) is 7.28. The molecule has 0 saturated carbocycles. The van der Waals surface area contributed by atoms with Crippen LogP contribution >= 0.6 is 11.6 Å². The van der Waals surface area contributed by atoms with Crippen LogP contribution in [0.5, 0.6) is 0 Å². The average molecular weight is 304 g/mol. The van der Waals surface area contributed by atoms with Crippen LogP contribution in [-0.2, 0) is 0 Å². The van der Waals surface area contributed by atoms with Crippen LogP contribution in [0.15, 0.2) is 53.9 Å². The number of benzene rings is 1. The summed E-state index contributed by atoms with van der Waals surface area (Å²) in [6.45, 7) is 8.31. The molecule has 112 valence electrons. The summed E-state index contributed by atoms with van der Waals surface area (Å²) in [6.07, 6.45) is 5.88. The Morgan fingerprint density at radius 3 is 2.29 bits per heavy atom. The predicted octanol–water partition coefficient (Wildman–Crippen LogP) is 5.18. The van der Waals surface area contributed by atoms with Gasteiger partial charge in [0.1, 0.15) is 0 Å². The predicted molar refractivity (Wildman–Crippen MR) is 90.3 cm³/mol. The van der Waals surface area contributed by atoms with Gasteiger partial charge in [0.25, 0.3) is 0 Å². The lowest BCUT2D eigenvalue weighted by Crippen LogP contribution is -2.36. The van der Waals surface area contributed by atoms with Crippen molar-refractivity contribution in [1.82, 2.24) is 4.90 Å². The lowest BCUT2D eigenvalue weighted by molar-refractivity contribution is 0.133. The minimum atomic E-state index is 0.221. The van der Waals surface area contributed by atoms with Crippen LogP contribution in [0.25, 0.3) is 5.57 Å². The molecule has 3 heteroatoms. The molecule has 1 aromatic rings. The van der Waals surface area contributed by atoms with Gasteiger partial charge < -0.3 is 10.0 Å². The van der Waals surface area contributed by atoms with Crippen LogP contribution in [0.2, 0.25) is 5.02 Å². The summed E-state index contributed by atoms with van der Waals surface area (Å²) in [4.78, 5) is 2.01. The largest absolute Gasteiger partial charge is 0.494 e. The molecule has 1 N–H and O–H groups in total. The van der Waals surface area contributed by atoms with Crippen LogP contribution in [0.4, 0.5) is 0 Å². The third-order valence-corrected chi connectivity index (χ3v) is 3.91. The zero-order chi connectivity index (χ0) is 15.6. The molecule has 2 nitrogen and oxygen atoms in total. The van der Waals surface area contributed by atoms with Gasteiger partial charge >= 0.3 is 0 Å². The fourth-order valence-corrected chi connectivity index (χ4v) is 2.99. The monoisotopic (exact) mass is 303 g/mol. The molecule has 0 saturated heterocycles. The zero-order valence-corrected chi connectivity index (χ0v) is 13.7. The fourth-order valence-electron chi connectivity index (χ4n) is 2.75. The van der Waals surface area contributed by atoms with Gasteiger partial charge in [0, 0.05) is 28.2 Å². The average Bonchev–Trinajstić information content (AvgIpc) is 2.87. The zero-order valence-electron chi connectivity index (χ0n) is 13.0. The number of allylic oxidation sites excluding steroid dienone is 5. The third-order valence-electron chi connectivity index (χ3n) is 3.58. The molecule has 0 radical (unpaired) electrons. The van der Waals surface area contributed by atoms with Gasteiger partial charge in [-0.2, -0.15) is 0 Å². The molecular weight excluding hydrogens is 282 g/mol. The third kappa shape index (κ3) is 3.16. The van der Waals surface area contributed by atoms with Crippen molar-refractivity contribution in [2.45, 2.75) is 39.8 Å². The molecule has 1 aliphatic rings.